The van der Waals surface area contributed by atoms with Gasteiger partial charge in [-0.15, -0.1) is 6.42 Å². The molecule has 40 heavy (non-hydrogen) atoms. The average molecular weight is 531 g/mol. The molecule has 1 aromatic heterocycles. The molecule has 0 aliphatic heterocycles. The Kier molecular flexibility index (Phi) is 8.37. The molecule has 1 heterocycles. The van der Waals surface area contributed by atoms with Crippen LogP contribution in [0.15, 0.2) is 104 Å². The zero-order valence-corrected chi connectivity index (χ0v) is 21.8. The maximum absolute atomic E-state index is 12.9. The topological polar surface area (TPSA) is 102 Å². The summed E-state index contributed by atoms with van der Waals surface area (Å²) in [6.07, 6.45) is 6.58. The third-order valence-electron chi connectivity index (χ3n) is 5.95. The molecular formula is C32H26N4O4. The van der Waals surface area contributed by atoms with E-state index in [2.05, 4.69) is 34.8 Å². The number of nitrogens with zero attached hydrogens (tertiary/aromatic N) is 2. The fourth-order valence-corrected chi connectivity index (χ4v) is 3.71. The van der Waals surface area contributed by atoms with Gasteiger partial charge in [0.05, 0.1) is 5.69 Å². The fraction of sp³-hybridized carbons (Fsp3) is 0.0625. The zero-order chi connectivity index (χ0) is 28.6. The monoisotopic (exact) mass is 530 g/mol. The smallest absolute Gasteiger partial charge is 0.256 e. The highest BCUT2D eigenvalue weighted by atomic mass is 16.5. The van der Waals surface area contributed by atoms with Crippen LogP contribution in [0.25, 0.3) is 11.3 Å². The highest BCUT2D eigenvalue weighted by Gasteiger charge is 2.14. The maximum atomic E-state index is 12.9. The predicted octanol–water partition coefficient (Wildman–Crippen LogP) is 5.26. The fourth-order valence-electron chi connectivity index (χ4n) is 3.71. The number of benzene rings is 3. The van der Waals surface area contributed by atoms with Crippen molar-refractivity contribution in [3.8, 4) is 29.4 Å². The lowest BCUT2D eigenvalue weighted by Gasteiger charge is -2.07. The lowest BCUT2D eigenvalue weighted by molar-refractivity contribution is -0.112. The summed E-state index contributed by atoms with van der Waals surface area (Å²) >= 11 is 0. The molecule has 0 fully saturated rings. The number of amides is 2. The Morgan fingerprint density at radius 3 is 2.15 bits per heavy atom. The maximum Gasteiger partial charge on any atom is 0.256 e. The molecule has 4 rings (SSSR count). The number of carbonyl (C=O) groups excluding carboxylic acids is 3. The number of hydrogen-bond donors (Lipinski definition) is 2. The average Bonchev–Trinajstić information content (AvgIpc) is 3.35. The van der Waals surface area contributed by atoms with Gasteiger partial charge in [0.2, 0.25) is 0 Å². The van der Waals surface area contributed by atoms with Crippen LogP contribution in [-0.4, -0.2) is 34.0 Å². The molecule has 0 unspecified atom stereocenters. The normalized spacial score (nSPS) is 10.2. The summed E-state index contributed by atoms with van der Waals surface area (Å²) in [5.41, 5.74) is 3.65. The summed E-state index contributed by atoms with van der Waals surface area (Å²) in [5.74, 6) is 2.61. The molecule has 0 aliphatic rings. The first-order valence-electron chi connectivity index (χ1n) is 12.2. The Morgan fingerprint density at radius 1 is 0.950 bits per heavy atom. The first-order valence-corrected chi connectivity index (χ1v) is 12.2. The highest BCUT2D eigenvalue weighted by Crippen LogP contribution is 2.24. The Hall–Kier alpha value is -5.68. The summed E-state index contributed by atoms with van der Waals surface area (Å²) < 4.78 is 6.89. The van der Waals surface area contributed by atoms with Gasteiger partial charge in [0.25, 0.3) is 11.8 Å². The SMILES string of the molecule is C#CCOc1ccc(C(=O)c2ccc(C(=O)Nc3cc(-c4ccc(NC(=O)C(=C)C=C)cc4)nn3C)cc2)cc1. The number of hydrogen-bond acceptors (Lipinski definition) is 5. The third kappa shape index (κ3) is 6.41. The van der Waals surface area contributed by atoms with Gasteiger partial charge >= 0.3 is 0 Å². The van der Waals surface area contributed by atoms with Crippen molar-refractivity contribution in [3.05, 3.63) is 120 Å². The number of terminal acetylenes is 1. The van der Waals surface area contributed by atoms with Crippen LogP contribution in [0.1, 0.15) is 26.3 Å². The summed E-state index contributed by atoms with van der Waals surface area (Å²) in [5, 5.41) is 10.1. The largest absolute Gasteiger partial charge is 0.481 e. The standard InChI is InChI=1S/C32H26N4O4/c1-5-19-40-27-17-13-24(14-18-27)30(37)23-7-9-25(10-8-23)32(39)34-29-20-28(35-36(29)4)22-11-15-26(16-12-22)33-31(38)21(3)6-2/h1,6-18,20H,2-3,19H2,4H3,(H,33,38)(H,34,39). The van der Waals surface area contributed by atoms with Crippen LogP contribution >= 0.6 is 0 Å². The van der Waals surface area contributed by atoms with E-state index >= 15 is 0 Å². The second kappa shape index (κ2) is 12.2. The first-order chi connectivity index (χ1) is 19.3. The van der Waals surface area contributed by atoms with E-state index in [0.717, 1.165) is 5.56 Å². The number of nitrogens with one attached hydrogen (secondary N) is 2. The molecule has 0 bridgehead atoms. The first kappa shape index (κ1) is 27.4. The number of aryl methyl sites for hydroxylation is 1. The van der Waals surface area contributed by atoms with Gasteiger partial charge in [-0.25, -0.2) is 0 Å². The molecule has 198 valence electrons. The van der Waals surface area contributed by atoms with Gasteiger partial charge in [0.1, 0.15) is 18.2 Å². The van der Waals surface area contributed by atoms with Crippen molar-refractivity contribution in [3.63, 3.8) is 0 Å². The van der Waals surface area contributed by atoms with Gasteiger partial charge in [-0.05, 0) is 48.5 Å². The third-order valence-corrected chi connectivity index (χ3v) is 5.95. The zero-order valence-electron chi connectivity index (χ0n) is 21.8. The minimum atomic E-state index is -0.343. The number of anilines is 2. The molecule has 2 amide bonds. The Labute approximate surface area is 232 Å². The molecule has 0 aliphatic carbocycles. The van der Waals surface area contributed by atoms with Crippen LogP contribution in [0, 0.1) is 12.3 Å². The van der Waals surface area contributed by atoms with Crippen LogP contribution in [0.5, 0.6) is 5.75 Å². The molecule has 0 spiro atoms. The van der Waals surface area contributed by atoms with Gasteiger partial charge in [0.15, 0.2) is 5.78 Å². The van der Waals surface area contributed by atoms with E-state index in [0.29, 0.717) is 39.6 Å². The van der Waals surface area contributed by atoms with E-state index < -0.39 is 0 Å². The Balaban J connectivity index is 1.40. The molecule has 8 nitrogen and oxygen atoms in total. The van der Waals surface area contributed by atoms with Gasteiger partial charge in [0, 0.05) is 46.6 Å². The Morgan fingerprint density at radius 2 is 1.55 bits per heavy atom. The van der Waals surface area contributed by atoms with Gasteiger partial charge < -0.3 is 15.4 Å². The lowest BCUT2D eigenvalue weighted by atomic mass is 10.0. The summed E-state index contributed by atoms with van der Waals surface area (Å²) in [7, 11) is 1.72. The number of carbonyl (C=O) groups is 3. The second-order valence-electron chi connectivity index (χ2n) is 8.68. The van der Waals surface area contributed by atoms with E-state index in [1.165, 1.54) is 6.08 Å². The second-order valence-corrected chi connectivity index (χ2v) is 8.68. The Bertz CT molecular complexity index is 1620. The van der Waals surface area contributed by atoms with Crippen molar-refractivity contribution < 1.29 is 19.1 Å². The lowest BCUT2D eigenvalue weighted by Crippen LogP contribution is -2.14. The molecule has 2 N–H and O–H groups in total. The van der Waals surface area contributed by atoms with E-state index in [9.17, 15) is 14.4 Å². The molecule has 4 aromatic rings. The van der Waals surface area contributed by atoms with Crippen molar-refractivity contribution in [2.24, 2.45) is 7.05 Å². The van der Waals surface area contributed by atoms with Gasteiger partial charge in [-0.1, -0.05) is 49.4 Å². The van der Waals surface area contributed by atoms with Gasteiger partial charge in [-0.2, -0.15) is 5.10 Å². The van der Waals surface area contributed by atoms with Crippen LogP contribution in [-0.2, 0) is 11.8 Å². The van der Waals surface area contributed by atoms with E-state index in [-0.39, 0.29) is 29.8 Å². The number of rotatable bonds is 10. The van der Waals surface area contributed by atoms with E-state index in [1.54, 1.807) is 78.5 Å². The van der Waals surface area contributed by atoms with Crippen LogP contribution in [0.4, 0.5) is 11.5 Å². The molecule has 0 saturated carbocycles. The van der Waals surface area contributed by atoms with Crippen LogP contribution in [0.3, 0.4) is 0 Å². The van der Waals surface area contributed by atoms with Crippen LogP contribution in [0.2, 0.25) is 0 Å². The van der Waals surface area contributed by atoms with Crippen LogP contribution < -0.4 is 15.4 Å². The summed E-state index contributed by atoms with van der Waals surface area (Å²) in [4.78, 5) is 37.7. The van der Waals surface area contributed by atoms with Crippen molar-refractivity contribution >= 4 is 29.1 Å². The predicted molar refractivity (Wildman–Crippen MR) is 155 cm³/mol. The quantitative estimate of drug-likeness (QED) is 0.126. The van der Waals surface area contributed by atoms with Crippen molar-refractivity contribution in [1.29, 1.82) is 0 Å². The van der Waals surface area contributed by atoms with E-state index in [4.69, 9.17) is 11.2 Å². The minimum Gasteiger partial charge on any atom is -0.481 e. The van der Waals surface area contributed by atoms with Crippen molar-refractivity contribution in [1.82, 2.24) is 9.78 Å². The highest BCUT2D eigenvalue weighted by molar-refractivity contribution is 6.10. The molecule has 0 saturated heterocycles. The molecule has 3 aromatic carbocycles. The minimum absolute atomic E-state index is 0.151. The van der Waals surface area contributed by atoms with Crippen molar-refractivity contribution in [2.45, 2.75) is 0 Å². The van der Waals surface area contributed by atoms with Crippen molar-refractivity contribution in [2.75, 3.05) is 17.2 Å². The van der Waals surface area contributed by atoms with E-state index in [1.807, 2.05) is 12.1 Å². The molecular weight excluding hydrogens is 504 g/mol. The number of ether oxygens (including phenoxy) is 1. The molecule has 0 radical (unpaired) electrons. The number of aromatic nitrogens is 2. The summed E-state index contributed by atoms with van der Waals surface area (Å²) in [6, 6.07) is 22.0. The van der Waals surface area contributed by atoms with Gasteiger partial charge in [-0.3, -0.25) is 19.1 Å². The molecule has 0 atom stereocenters. The summed E-state index contributed by atoms with van der Waals surface area (Å²) in [6.45, 7) is 7.31. The molecule has 8 heteroatoms. The number of ketones is 1.